The van der Waals surface area contributed by atoms with E-state index in [2.05, 4.69) is 5.16 Å². The lowest BCUT2D eigenvalue weighted by molar-refractivity contribution is -0.141. The molecule has 17 heavy (non-hydrogen) atoms. The second-order valence-corrected chi connectivity index (χ2v) is 4.18. The van der Waals surface area contributed by atoms with Gasteiger partial charge in [-0.15, -0.1) is 0 Å². The van der Waals surface area contributed by atoms with Crippen molar-refractivity contribution in [3.8, 4) is 0 Å². The van der Waals surface area contributed by atoms with Crippen molar-refractivity contribution in [2.45, 2.75) is 52.9 Å². The number of aliphatic carboxylic acids is 1. The molecular formula is C13H21NO3. The van der Waals surface area contributed by atoms with Crippen LogP contribution in [0.15, 0.2) is 4.52 Å². The molecule has 1 aliphatic rings. The van der Waals surface area contributed by atoms with Crippen LogP contribution in [-0.2, 0) is 24.1 Å². The van der Waals surface area contributed by atoms with Gasteiger partial charge < -0.3 is 9.63 Å². The third-order valence-electron chi connectivity index (χ3n) is 2.95. The fourth-order valence-corrected chi connectivity index (χ4v) is 1.99. The SMILES string of the molecule is CC.CC(Cc1noc2c1CCCC2)C(=O)O. The molecule has 1 N–H and O–H groups in total. The van der Waals surface area contributed by atoms with E-state index in [1.165, 1.54) is 0 Å². The van der Waals surface area contributed by atoms with E-state index in [9.17, 15) is 4.79 Å². The average molecular weight is 239 g/mol. The summed E-state index contributed by atoms with van der Waals surface area (Å²) in [5, 5.41) is 12.8. The maximum atomic E-state index is 10.7. The molecular weight excluding hydrogens is 218 g/mol. The van der Waals surface area contributed by atoms with E-state index >= 15 is 0 Å². The smallest absolute Gasteiger partial charge is 0.306 e. The van der Waals surface area contributed by atoms with E-state index in [1.54, 1.807) is 6.92 Å². The molecule has 4 nitrogen and oxygen atoms in total. The Hall–Kier alpha value is -1.32. The molecule has 4 heteroatoms. The minimum atomic E-state index is -0.775. The highest BCUT2D eigenvalue weighted by Crippen LogP contribution is 2.25. The second-order valence-electron chi connectivity index (χ2n) is 4.18. The molecule has 0 radical (unpaired) electrons. The summed E-state index contributed by atoms with van der Waals surface area (Å²) in [6, 6.07) is 0. The third-order valence-corrected chi connectivity index (χ3v) is 2.95. The van der Waals surface area contributed by atoms with Gasteiger partial charge in [-0.3, -0.25) is 4.79 Å². The van der Waals surface area contributed by atoms with Gasteiger partial charge in [-0.25, -0.2) is 0 Å². The molecule has 0 aromatic carbocycles. The maximum Gasteiger partial charge on any atom is 0.306 e. The Balaban J connectivity index is 0.000000686. The molecule has 1 heterocycles. The molecule has 1 unspecified atom stereocenters. The molecule has 0 saturated heterocycles. The van der Waals surface area contributed by atoms with Gasteiger partial charge in [-0.2, -0.15) is 0 Å². The third kappa shape index (κ3) is 3.32. The highest BCUT2D eigenvalue weighted by Gasteiger charge is 2.22. The van der Waals surface area contributed by atoms with Crippen molar-refractivity contribution in [1.29, 1.82) is 0 Å². The number of rotatable bonds is 3. The molecule has 1 aliphatic carbocycles. The molecule has 0 aliphatic heterocycles. The summed E-state index contributed by atoms with van der Waals surface area (Å²) in [6.07, 6.45) is 4.72. The highest BCUT2D eigenvalue weighted by molar-refractivity contribution is 5.69. The van der Waals surface area contributed by atoms with Crippen molar-refractivity contribution in [2.75, 3.05) is 0 Å². The summed E-state index contributed by atoms with van der Waals surface area (Å²) in [4.78, 5) is 10.7. The van der Waals surface area contributed by atoms with Gasteiger partial charge in [-0.05, 0) is 19.3 Å². The fourth-order valence-electron chi connectivity index (χ4n) is 1.99. The Labute approximate surface area is 102 Å². The van der Waals surface area contributed by atoms with Gasteiger partial charge in [-0.1, -0.05) is 25.9 Å². The van der Waals surface area contributed by atoms with Gasteiger partial charge >= 0.3 is 5.97 Å². The lowest BCUT2D eigenvalue weighted by Gasteiger charge is -2.10. The van der Waals surface area contributed by atoms with E-state index in [0.29, 0.717) is 6.42 Å². The Morgan fingerprint density at radius 1 is 1.41 bits per heavy atom. The molecule has 1 aromatic rings. The second kappa shape index (κ2) is 6.42. The number of hydrogen-bond donors (Lipinski definition) is 1. The monoisotopic (exact) mass is 239 g/mol. The molecule has 0 spiro atoms. The zero-order valence-electron chi connectivity index (χ0n) is 10.8. The number of nitrogens with zero attached hydrogens (tertiary/aromatic N) is 1. The number of hydrogen-bond acceptors (Lipinski definition) is 3. The number of fused-ring (bicyclic) bond motifs is 1. The first kappa shape index (κ1) is 13.7. The van der Waals surface area contributed by atoms with Crippen LogP contribution in [0.1, 0.15) is 50.6 Å². The van der Waals surface area contributed by atoms with Crippen LogP contribution in [0.2, 0.25) is 0 Å². The maximum absolute atomic E-state index is 10.7. The van der Waals surface area contributed by atoms with Crippen molar-refractivity contribution in [3.05, 3.63) is 17.0 Å². The molecule has 96 valence electrons. The van der Waals surface area contributed by atoms with Crippen LogP contribution in [0.5, 0.6) is 0 Å². The minimum absolute atomic E-state index is 0.388. The van der Waals surface area contributed by atoms with Crippen LogP contribution >= 0.6 is 0 Å². The molecule has 0 bridgehead atoms. The average Bonchev–Trinajstić information content (AvgIpc) is 2.75. The quantitative estimate of drug-likeness (QED) is 0.881. The summed E-state index contributed by atoms with van der Waals surface area (Å²) in [5.41, 5.74) is 2.01. The number of aromatic nitrogens is 1. The van der Waals surface area contributed by atoms with Crippen LogP contribution in [0, 0.1) is 5.92 Å². The van der Waals surface area contributed by atoms with Gasteiger partial charge in [0.05, 0.1) is 11.6 Å². The predicted octanol–water partition coefficient (Wildman–Crippen LogP) is 2.84. The van der Waals surface area contributed by atoms with Gasteiger partial charge in [0.2, 0.25) is 0 Å². The summed E-state index contributed by atoms with van der Waals surface area (Å²) in [7, 11) is 0. The highest BCUT2D eigenvalue weighted by atomic mass is 16.5. The van der Waals surface area contributed by atoms with Crippen molar-refractivity contribution in [3.63, 3.8) is 0 Å². The van der Waals surface area contributed by atoms with Crippen LogP contribution < -0.4 is 0 Å². The van der Waals surface area contributed by atoms with Crippen LogP contribution in [-0.4, -0.2) is 16.2 Å². The number of carbonyl (C=O) groups is 1. The molecule has 0 fully saturated rings. The predicted molar refractivity (Wildman–Crippen MR) is 65.0 cm³/mol. The molecule has 1 aromatic heterocycles. The Kier molecular flexibility index (Phi) is 5.19. The standard InChI is InChI=1S/C11H15NO3.C2H6/c1-7(11(13)14)6-9-8-4-2-3-5-10(8)15-12-9;1-2/h7H,2-6H2,1H3,(H,13,14);1-2H3. The Morgan fingerprint density at radius 3 is 2.71 bits per heavy atom. The van der Waals surface area contributed by atoms with Crippen LogP contribution in [0.4, 0.5) is 0 Å². The lowest BCUT2D eigenvalue weighted by atomic mass is 9.93. The van der Waals surface area contributed by atoms with Gasteiger partial charge in [0.1, 0.15) is 5.76 Å². The Bertz CT molecular complexity index is 371. The summed E-state index contributed by atoms with van der Waals surface area (Å²) in [6.45, 7) is 5.70. The van der Waals surface area contributed by atoms with Crippen molar-refractivity contribution in [2.24, 2.45) is 5.92 Å². The summed E-state index contributed by atoms with van der Waals surface area (Å²) < 4.78 is 5.22. The number of carboxylic acid groups (broad SMARTS) is 1. The molecule has 2 rings (SSSR count). The largest absolute Gasteiger partial charge is 0.481 e. The number of carboxylic acids is 1. The van der Waals surface area contributed by atoms with E-state index < -0.39 is 5.97 Å². The van der Waals surface area contributed by atoms with Crippen molar-refractivity contribution in [1.82, 2.24) is 5.16 Å². The van der Waals surface area contributed by atoms with Crippen molar-refractivity contribution >= 4 is 5.97 Å². The molecule has 0 saturated carbocycles. The number of aryl methyl sites for hydroxylation is 1. The zero-order valence-corrected chi connectivity index (χ0v) is 10.8. The van der Waals surface area contributed by atoms with Crippen molar-refractivity contribution < 1.29 is 14.4 Å². The van der Waals surface area contributed by atoms with E-state index in [4.69, 9.17) is 9.63 Å². The topological polar surface area (TPSA) is 63.3 Å². The molecule has 0 amide bonds. The van der Waals surface area contributed by atoms with E-state index in [1.807, 2.05) is 13.8 Å². The first-order valence-electron chi connectivity index (χ1n) is 6.37. The van der Waals surface area contributed by atoms with Crippen LogP contribution in [0.3, 0.4) is 0 Å². The van der Waals surface area contributed by atoms with Gasteiger partial charge in [0.25, 0.3) is 0 Å². The fraction of sp³-hybridized carbons (Fsp3) is 0.692. The Morgan fingerprint density at radius 2 is 2.06 bits per heavy atom. The molecule has 1 atom stereocenters. The van der Waals surface area contributed by atoms with Crippen LogP contribution in [0.25, 0.3) is 0 Å². The first-order valence-corrected chi connectivity index (χ1v) is 6.37. The normalized spacial score (nSPS) is 15.5. The minimum Gasteiger partial charge on any atom is -0.481 e. The zero-order chi connectivity index (χ0) is 12.8. The van der Waals surface area contributed by atoms with Gasteiger partial charge in [0.15, 0.2) is 0 Å². The van der Waals surface area contributed by atoms with E-state index in [0.717, 1.165) is 42.7 Å². The van der Waals surface area contributed by atoms with Gasteiger partial charge in [0, 0.05) is 18.4 Å². The summed E-state index contributed by atoms with van der Waals surface area (Å²) >= 11 is 0. The summed E-state index contributed by atoms with van der Waals surface area (Å²) in [5.74, 6) is -0.197. The first-order chi connectivity index (χ1) is 8.18. The van der Waals surface area contributed by atoms with E-state index in [-0.39, 0.29) is 5.92 Å². The lowest BCUT2D eigenvalue weighted by Crippen LogP contribution is -2.14.